The van der Waals surface area contributed by atoms with E-state index in [9.17, 15) is 14.7 Å². The normalized spacial score (nSPS) is 17.3. The highest BCUT2D eigenvalue weighted by atomic mass is 16.5. The first-order valence-electron chi connectivity index (χ1n) is 10.6. The average Bonchev–Trinajstić information content (AvgIpc) is 3.34. The average molecular weight is 442 g/mol. The lowest BCUT2D eigenvalue weighted by Crippen LogP contribution is -2.45. The molecule has 0 radical (unpaired) electrons. The number of fused-ring (bicyclic) bond motifs is 2. The molecule has 166 valence electrons. The lowest BCUT2D eigenvalue weighted by molar-refractivity contribution is 0.0704. The summed E-state index contributed by atoms with van der Waals surface area (Å²) in [6.45, 7) is 2.04. The summed E-state index contributed by atoms with van der Waals surface area (Å²) in [5, 5.41) is 14.7. The quantitative estimate of drug-likeness (QED) is 0.440. The Balaban J connectivity index is 1.68. The van der Waals surface area contributed by atoms with Crippen LogP contribution in [0.3, 0.4) is 0 Å². The number of aryl methyl sites for hydroxylation is 1. The van der Waals surface area contributed by atoms with Crippen molar-refractivity contribution in [3.63, 3.8) is 0 Å². The van der Waals surface area contributed by atoms with E-state index in [2.05, 4.69) is 20.0 Å². The number of rotatable bonds is 4. The molecule has 1 aliphatic rings. The van der Waals surface area contributed by atoms with Gasteiger partial charge in [0.15, 0.2) is 5.72 Å². The molecule has 0 aliphatic carbocycles. The van der Waals surface area contributed by atoms with Crippen LogP contribution in [-0.2, 0) is 16.9 Å². The Hall–Kier alpha value is -4.17. The van der Waals surface area contributed by atoms with Gasteiger partial charge in [-0.05, 0) is 42.3 Å². The minimum atomic E-state index is -1.73. The summed E-state index contributed by atoms with van der Waals surface area (Å²) in [6, 6.07) is 19.9. The number of amides is 2. The number of aliphatic hydroxyl groups is 1. The smallest absolute Gasteiger partial charge is 0.413 e. The Morgan fingerprint density at radius 1 is 1.15 bits per heavy atom. The number of aromatic nitrogens is 2. The number of benzene rings is 3. The van der Waals surface area contributed by atoms with Gasteiger partial charge in [0.05, 0.1) is 18.1 Å². The van der Waals surface area contributed by atoms with Crippen molar-refractivity contribution >= 4 is 34.7 Å². The topological polar surface area (TPSA) is 108 Å². The molecule has 3 N–H and O–H groups in total. The van der Waals surface area contributed by atoms with Gasteiger partial charge in [0.2, 0.25) is 5.95 Å². The van der Waals surface area contributed by atoms with Crippen LogP contribution in [0.4, 0.5) is 16.4 Å². The molecule has 2 heterocycles. The predicted octanol–water partition coefficient (Wildman–Crippen LogP) is 4.16. The van der Waals surface area contributed by atoms with Gasteiger partial charge in [0.1, 0.15) is 0 Å². The summed E-state index contributed by atoms with van der Waals surface area (Å²) >= 11 is 0. The number of hydrogen-bond acceptors (Lipinski definition) is 5. The number of carbonyl (C=O) groups excluding carboxylic acids is 2. The summed E-state index contributed by atoms with van der Waals surface area (Å²) in [5.74, 6) is -0.0597. The zero-order valence-corrected chi connectivity index (χ0v) is 18.1. The van der Waals surface area contributed by atoms with E-state index < -0.39 is 11.8 Å². The second kappa shape index (κ2) is 7.75. The molecular weight excluding hydrogens is 420 g/mol. The summed E-state index contributed by atoms with van der Waals surface area (Å²) in [6.07, 6.45) is 0.155. The Morgan fingerprint density at radius 2 is 1.97 bits per heavy atom. The van der Waals surface area contributed by atoms with Gasteiger partial charge < -0.3 is 14.8 Å². The molecule has 4 aromatic rings. The van der Waals surface area contributed by atoms with E-state index in [-0.39, 0.29) is 11.9 Å². The number of methoxy groups -OCH3 is 1. The second-order valence-electron chi connectivity index (χ2n) is 7.82. The van der Waals surface area contributed by atoms with Crippen LogP contribution in [0.1, 0.15) is 34.0 Å². The van der Waals surface area contributed by atoms with Crippen molar-refractivity contribution in [2.24, 2.45) is 0 Å². The first kappa shape index (κ1) is 20.7. The van der Waals surface area contributed by atoms with E-state index in [0.717, 1.165) is 12.0 Å². The fourth-order valence-corrected chi connectivity index (χ4v) is 4.30. The van der Waals surface area contributed by atoms with Gasteiger partial charge >= 0.3 is 6.09 Å². The highest BCUT2D eigenvalue weighted by molar-refractivity contribution is 6.12. The Morgan fingerprint density at radius 3 is 2.76 bits per heavy atom. The fourth-order valence-electron chi connectivity index (χ4n) is 4.30. The van der Waals surface area contributed by atoms with Gasteiger partial charge in [-0.2, -0.15) is 0 Å². The molecule has 3 aromatic carbocycles. The number of nitrogens with one attached hydrogen (secondary N) is 2. The van der Waals surface area contributed by atoms with Crippen LogP contribution >= 0.6 is 0 Å². The first-order valence-corrected chi connectivity index (χ1v) is 10.6. The van der Waals surface area contributed by atoms with Crippen molar-refractivity contribution in [3.05, 3.63) is 89.0 Å². The van der Waals surface area contributed by atoms with Gasteiger partial charge in [-0.3, -0.25) is 15.0 Å². The molecule has 0 spiro atoms. The molecule has 1 unspecified atom stereocenters. The van der Waals surface area contributed by atoms with Crippen LogP contribution in [0.2, 0.25) is 0 Å². The molecular formula is C25H22N4O4. The highest BCUT2D eigenvalue weighted by Crippen LogP contribution is 2.45. The maximum atomic E-state index is 13.5. The lowest BCUT2D eigenvalue weighted by atomic mass is 9.93. The van der Waals surface area contributed by atoms with Crippen molar-refractivity contribution < 1.29 is 19.4 Å². The Labute approximate surface area is 189 Å². The molecule has 0 fully saturated rings. The maximum absolute atomic E-state index is 13.5. The SMILES string of the molecule is CCc1cccc(N2C(=O)c3ccccc3C2(O)c2ccc3nc(NC(=O)OC)[nH]c3c2)c1. The summed E-state index contributed by atoms with van der Waals surface area (Å²) < 4.78 is 4.61. The zero-order chi connectivity index (χ0) is 23.2. The third-order valence-electron chi connectivity index (χ3n) is 5.93. The van der Waals surface area contributed by atoms with Crippen molar-refractivity contribution in [3.8, 4) is 0 Å². The van der Waals surface area contributed by atoms with E-state index in [1.54, 1.807) is 42.5 Å². The molecule has 0 saturated carbocycles. The van der Waals surface area contributed by atoms with E-state index in [1.807, 2.05) is 31.2 Å². The summed E-state index contributed by atoms with van der Waals surface area (Å²) in [4.78, 5) is 33.8. The van der Waals surface area contributed by atoms with Crippen molar-refractivity contribution in [2.75, 3.05) is 17.3 Å². The number of ether oxygens (including phenoxy) is 1. The second-order valence-corrected chi connectivity index (χ2v) is 7.82. The van der Waals surface area contributed by atoms with Crippen molar-refractivity contribution in [1.82, 2.24) is 9.97 Å². The first-order chi connectivity index (χ1) is 16.0. The minimum Gasteiger partial charge on any atom is -0.453 e. The zero-order valence-electron chi connectivity index (χ0n) is 18.1. The number of nitrogens with zero attached hydrogens (tertiary/aromatic N) is 2. The van der Waals surface area contributed by atoms with Crippen LogP contribution in [0.5, 0.6) is 0 Å². The van der Waals surface area contributed by atoms with Crippen molar-refractivity contribution in [2.45, 2.75) is 19.1 Å². The number of aromatic amines is 1. The third kappa shape index (κ3) is 3.23. The fraction of sp³-hybridized carbons (Fsp3) is 0.160. The molecule has 1 aliphatic heterocycles. The summed E-state index contributed by atoms with van der Waals surface area (Å²) in [5.41, 5.74) is 2.55. The molecule has 2 amide bonds. The van der Waals surface area contributed by atoms with E-state index >= 15 is 0 Å². The predicted molar refractivity (Wildman–Crippen MR) is 124 cm³/mol. The van der Waals surface area contributed by atoms with Crippen molar-refractivity contribution in [1.29, 1.82) is 0 Å². The van der Waals surface area contributed by atoms with Crippen LogP contribution in [0, 0.1) is 0 Å². The molecule has 1 atom stereocenters. The van der Waals surface area contributed by atoms with Gasteiger partial charge in [-0.15, -0.1) is 0 Å². The van der Waals surface area contributed by atoms with Gasteiger partial charge in [-0.25, -0.2) is 9.78 Å². The maximum Gasteiger partial charge on any atom is 0.413 e. The number of hydrogen-bond donors (Lipinski definition) is 3. The number of carbonyl (C=O) groups is 2. The molecule has 8 heteroatoms. The number of imidazole rings is 1. The molecule has 33 heavy (non-hydrogen) atoms. The standard InChI is InChI=1S/C25H22N4O4/c1-3-15-7-6-8-17(13-15)29-22(30)18-9-4-5-10-19(18)25(29,32)16-11-12-20-21(14-16)27-23(26-20)28-24(31)33-2/h4-14,32H,3H2,1-2H3,(H2,26,27,28,31). The van der Waals surface area contributed by atoms with Crippen LogP contribution in [0.15, 0.2) is 66.7 Å². The molecule has 5 rings (SSSR count). The van der Waals surface area contributed by atoms with E-state index in [4.69, 9.17) is 0 Å². The lowest BCUT2D eigenvalue weighted by Gasteiger charge is -2.35. The van der Waals surface area contributed by atoms with E-state index in [0.29, 0.717) is 33.4 Å². The Kier molecular flexibility index (Phi) is 4.87. The molecule has 0 saturated heterocycles. The van der Waals surface area contributed by atoms with Gasteiger partial charge in [0.25, 0.3) is 5.91 Å². The van der Waals surface area contributed by atoms with Gasteiger partial charge in [0, 0.05) is 22.4 Å². The molecule has 0 bridgehead atoms. The highest BCUT2D eigenvalue weighted by Gasteiger charge is 2.50. The van der Waals surface area contributed by atoms with Crippen LogP contribution in [-0.4, -0.2) is 34.2 Å². The monoisotopic (exact) mass is 442 g/mol. The Bertz CT molecular complexity index is 1400. The largest absolute Gasteiger partial charge is 0.453 e. The number of H-pyrrole nitrogens is 1. The third-order valence-corrected chi connectivity index (χ3v) is 5.93. The summed E-state index contributed by atoms with van der Waals surface area (Å²) in [7, 11) is 1.27. The van der Waals surface area contributed by atoms with E-state index in [1.165, 1.54) is 12.0 Å². The number of anilines is 2. The molecule has 1 aromatic heterocycles. The van der Waals surface area contributed by atoms with Crippen LogP contribution < -0.4 is 10.2 Å². The van der Waals surface area contributed by atoms with Crippen LogP contribution in [0.25, 0.3) is 11.0 Å². The van der Waals surface area contributed by atoms with Gasteiger partial charge in [-0.1, -0.05) is 43.3 Å². The molecule has 8 nitrogen and oxygen atoms in total. The minimum absolute atomic E-state index is 0.219.